The molecule has 1 amide bonds. The summed E-state index contributed by atoms with van der Waals surface area (Å²) in [6, 6.07) is 6.27. The molecule has 0 fully saturated rings. The minimum absolute atomic E-state index is 0.0849. The Hall–Kier alpha value is -1.56. The van der Waals surface area contributed by atoms with E-state index in [1.54, 1.807) is 25.1 Å². The molecule has 1 aromatic rings. The van der Waals surface area contributed by atoms with E-state index < -0.39 is 27.0 Å². The normalized spacial score (nSPS) is 14.7. The Morgan fingerprint density at radius 3 is 2.26 bits per heavy atom. The van der Waals surface area contributed by atoms with Gasteiger partial charge in [0, 0.05) is 18.9 Å². The van der Waals surface area contributed by atoms with Gasteiger partial charge in [-0.05, 0) is 19.9 Å². The predicted molar refractivity (Wildman–Crippen MR) is 73.6 cm³/mol. The van der Waals surface area contributed by atoms with Crippen LogP contribution in [0.25, 0.3) is 0 Å². The third-order valence-electron chi connectivity index (χ3n) is 3.31. The lowest BCUT2D eigenvalue weighted by Gasteiger charge is -2.27. The molecule has 0 saturated carbocycles. The SMILES string of the molecule is CC(c1ccccc1O)N(C)C(=O)C(C)S(C)(=O)=O. The molecule has 1 rings (SSSR count). The molecule has 0 spiro atoms. The van der Waals surface area contributed by atoms with Gasteiger partial charge in [0.2, 0.25) is 5.91 Å². The Bertz CT molecular complexity index is 568. The van der Waals surface area contributed by atoms with Crippen molar-refractivity contribution in [1.82, 2.24) is 4.90 Å². The van der Waals surface area contributed by atoms with Gasteiger partial charge in [0.05, 0.1) is 6.04 Å². The van der Waals surface area contributed by atoms with E-state index in [0.717, 1.165) is 6.26 Å². The quantitative estimate of drug-likeness (QED) is 0.906. The number of hydrogen-bond acceptors (Lipinski definition) is 4. The van der Waals surface area contributed by atoms with Crippen LogP contribution >= 0.6 is 0 Å². The Balaban J connectivity index is 2.98. The molecular formula is C13H19NO4S. The lowest BCUT2D eigenvalue weighted by Crippen LogP contribution is -2.40. The van der Waals surface area contributed by atoms with Crippen LogP contribution in [0.1, 0.15) is 25.5 Å². The summed E-state index contributed by atoms with van der Waals surface area (Å²) in [5, 5.41) is 8.66. The number of nitrogens with zero attached hydrogens (tertiary/aromatic N) is 1. The van der Waals surface area contributed by atoms with E-state index in [1.807, 2.05) is 0 Å². The second kappa shape index (κ2) is 5.61. The molecule has 0 aliphatic rings. The maximum absolute atomic E-state index is 12.1. The van der Waals surface area contributed by atoms with Crippen LogP contribution in [0.4, 0.5) is 0 Å². The molecule has 0 heterocycles. The van der Waals surface area contributed by atoms with Crippen LogP contribution in [0.2, 0.25) is 0 Å². The average molecular weight is 285 g/mol. The summed E-state index contributed by atoms with van der Waals surface area (Å²) < 4.78 is 22.8. The topological polar surface area (TPSA) is 74.7 Å². The van der Waals surface area contributed by atoms with Crippen molar-refractivity contribution in [3.63, 3.8) is 0 Å². The van der Waals surface area contributed by atoms with Crippen molar-refractivity contribution in [3.8, 4) is 5.75 Å². The Morgan fingerprint density at radius 2 is 1.79 bits per heavy atom. The fraction of sp³-hybridized carbons (Fsp3) is 0.462. The van der Waals surface area contributed by atoms with E-state index >= 15 is 0 Å². The molecule has 2 unspecified atom stereocenters. The van der Waals surface area contributed by atoms with Crippen LogP contribution < -0.4 is 0 Å². The maximum Gasteiger partial charge on any atom is 0.240 e. The van der Waals surface area contributed by atoms with Crippen LogP contribution in [0.5, 0.6) is 5.75 Å². The number of phenols is 1. The molecule has 1 N–H and O–H groups in total. The molecule has 0 aromatic heterocycles. The summed E-state index contributed by atoms with van der Waals surface area (Å²) in [6.07, 6.45) is 1.04. The summed E-state index contributed by atoms with van der Waals surface area (Å²) >= 11 is 0. The molecular weight excluding hydrogens is 266 g/mol. The van der Waals surface area contributed by atoms with Gasteiger partial charge in [0.15, 0.2) is 9.84 Å². The molecule has 1 aromatic carbocycles. The highest BCUT2D eigenvalue weighted by Crippen LogP contribution is 2.27. The molecule has 0 radical (unpaired) electrons. The highest BCUT2D eigenvalue weighted by atomic mass is 32.2. The highest BCUT2D eigenvalue weighted by molar-refractivity contribution is 7.92. The number of aromatic hydroxyl groups is 1. The number of carbonyl (C=O) groups excluding carboxylic acids is 1. The number of sulfone groups is 1. The molecule has 0 aliphatic carbocycles. The smallest absolute Gasteiger partial charge is 0.240 e. The van der Waals surface area contributed by atoms with Crippen LogP contribution in [-0.2, 0) is 14.6 Å². The Morgan fingerprint density at radius 1 is 1.26 bits per heavy atom. The van der Waals surface area contributed by atoms with Crippen molar-refractivity contribution in [3.05, 3.63) is 29.8 Å². The first-order valence-corrected chi connectivity index (χ1v) is 7.85. The number of amides is 1. The van der Waals surface area contributed by atoms with Gasteiger partial charge < -0.3 is 10.0 Å². The van der Waals surface area contributed by atoms with E-state index in [1.165, 1.54) is 24.9 Å². The van der Waals surface area contributed by atoms with Gasteiger partial charge in [-0.25, -0.2) is 8.42 Å². The van der Waals surface area contributed by atoms with Crippen molar-refractivity contribution >= 4 is 15.7 Å². The van der Waals surface area contributed by atoms with Crippen LogP contribution in [0.3, 0.4) is 0 Å². The van der Waals surface area contributed by atoms with Crippen molar-refractivity contribution in [1.29, 1.82) is 0 Å². The van der Waals surface area contributed by atoms with E-state index in [0.29, 0.717) is 5.56 Å². The monoisotopic (exact) mass is 285 g/mol. The number of benzene rings is 1. The van der Waals surface area contributed by atoms with Crippen molar-refractivity contribution in [2.24, 2.45) is 0 Å². The minimum Gasteiger partial charge on any atom is -0.508 e. The van der Waals surface area contributed by atoms with Gasteiger partial charge in [-0.1, -0.05) is 18.2 Å². The summed E-state index contributed by atoms with van der Waals surface area (Å²) in [7, 11) is -1.90. The van der Waals surface area contributed by atoms with Crippen LogP contribution in [-0.4, -0.2) is 42.9 Å². The van der Waals surface area contributed by atoms with Crippen molar-refractivity contribution < 1.29 is 18.3 Å². The number of para-hydroxylation sites is 1. The van der Waals surface area contributed by atoms with Gasteiger partial charge >= 0.3 is 0 Å². The summed E-state index contributed by atoms with van der Waals surface area (Å²) in [4.78, 5) is 13.4. The Kier molecular flexibility index (Phi) is 4.57. The van der Waals surface area contributed by atoms with Gasteiger partial charge in [-0.15, -0.1) is 0 Å². The zero-order chi connectivity index (χ0) is 14.8. The van der Waals surface area contributed by atoms with Gasteiger partial charge in [0.25, 0.3) is 0 Å². The molecule has 0 saturated heterocycles. The number of rotatable bonds is 4. The molecule has 0 aliphatic heterocycles. The molecule has 6 heteroatoms. The first kappa shape index (κ1) is 15.5. The van der Waals surface area contributed by atoms with Crippen LogP contribution in [0.15, 0.2) is 24.3 Å². The molecule has 19 heavy (non-hydrogen) atoms. The minimum atomic E-state index is -3.43. The second-order valence-electron chi connectivity index (χ2n) is 4.66. The van der Waals surface area contributed by atoms with E-state index in [4.69, 9.17) is 0 Å². The van der Waals surface area contributed by atoms with Crippen molar-refractivity contribution in [2.45, 2.75) is 25.1 Å². The first-order valence-electron chi connectivity index (χ1n) is 5.89. The van der Waals surface area contributed by atoms with Gasteiger partial charge in [-0.3, -0.25) is 4.79 Å². The maximum atomic E-state index is 12.1. The van der Waals surface area contributed by atoms with Gasteiger partial charge in [-0.2, -0.15) is 0 Å². The number of phenolic OH excluding ortho intramolecular Hbond substituents is 1. The predicted octanol–water partition coefficient (Wildman–Crippen LogP) is 1.34. The van der Waals surface area contributed by atoms with Gasteiger partial charge in [0.1, 0.15) is 11.0 Å². The second-order valence-corrected chi connectivity index (χ2v) is 7.02. The zero-order valence-electron chi connectivity index (χ0n) is 11.5. The number of carbonyl (C=O) groups is 1. The largest absolute Gasteiger partial charge is 0.508 e. The lowest BCUT2D eigenvalue weighted by molar-refractivity contribution is -0.131. The average Bonchev–Trinajstić information content (AvgIpc) is 2.34. The molecule has 5 nitrogen and oxygen atoms in total. The Labute approximate surface area is 113 Å². The van der Waals surface area contributed by atoms with Crippen molar-refractivity contribution in [2.75, 3.05) is 13.3 Å². The fourth-order valence-electron chi connectivity index (χ4n) is 1.71. The summed E-state index contributed by atoms with van der Waals surface area (Å²) in [5.41, 5.74) is 0.582. The third kappa shape index (κ3) is 3.47. The molecule has 0 bridgehead atoms. The fourth-order valence-corrected chi connectivity index (χ4v) is 2.24. The van der Waals surface area contributed by atoms with Crippen LogP contribution in [0, 0.1) is 0 Å². The summed E-state index contributed by atoms with van der Waals surface area (Å²) in [6.45, 7) is 3.10. The van der Waals surface area contributed by atoms with E-state index in [9.17, 15) is 18.3 Å². The van der Waals surface area contributed by atoms with E-state index in [2.05, 4.69) is 0 Å². The lowest BCUT2D eigenvalue weighted by atomic mass is 10.1. The molecule has 2 atom stereocenters. The zero-order valence-corrected chi connectivity index (χ0v) is 12.3. The highest BCUT2D eigenvalue weighted by Gasteiger charge is 2.29. The first-order chi connectivity index (χ1) is 8.66. The molecule has 106 valence electrons. The third-order valence-corrected chi connectivity index (χ3v) is 4.79. The number of hydrogen-bond donors (Lipinski definition) is 1. The standard InChI is InChI=1S/C13H19NO4S/c1-9(11-7-5-6-8-12(11)15)14(3)13(16)10(2)19(4,17)18/h5-10,15H,1-4H3. The van der Waals surface area contributed by atoms with E-state index in [-0.39, 0.29) is 5.75 Å². The summed E-state index contributed by atoms with van der Waals surface area (Å²) in [5.74, 6) is -0.403.